The summed E-state index contributed by atoms with van der Waals surface area (Å²) in [5.41, 5.74) is 0.745. The lowest BCUT2D eigenvalue weighted by Gasteiger charge is -2.16. The van der Waals surface area contributed by atoms with Crippen LogP contribution in [0.4, 0.5) is 10.2 Å². The van der Waals surface area contributed by atoms with Crippen molar-refractivity contribution >= 4 is 21.7 Å². The molecule has 0 aromatic carbocycles. The Kier molecular flexibility index (Phi) is 3.42. The van der Waals surface area contributed by atoms with E-state index in [9.17, 15) is 4.39 Å². The monoisotopic (exact) mass is 299 g/mol. The van der Waals surface area contributed by atoms with Crippen LogP contribution in [0.5, 0.6) is 0 Å². The van der Waals surface area contributed by atoms with Crippen molar-refractivity contribution in [3.8, 4) is 0 Å². The summed E-state index contributed by atoms with van der Waals surface area (Å²) in [7, 11) is 1.75. The third-order valence-corrected chi connectivity index (χ3v) is 2.66. The number of aryl methyl sites for hydroxylation is 1. The number of nitrogens with zero attached hydrogens (tertiary/aromatic N) is 3. The van der Waals surface area contributed by atoms with Crippen molar-refractivity contribution in [2.45, 2.75) is 13.5 Å². The highest BCUT2D eigenvalue weighted by Gasteiger charge is 2.12. The average molecular weight is 300 g/mol. The molecule has 0 fully saturated rings. The van der Waals surface area contributed by atoms with Gasteiger partial charge in [0, 0.05) is 23.8 Å². The summed E-state index contributed by atoms with van der Waals surface area (Å²) in [4.78, 5) is 5.71. The Bertz CT molecular complexity index is 529. The predicted molar refractivity (Wildman–Crippen MR) is 65.2 cm³/mol. The fourth-order valence-corrected chi connectivity index (χ4v) is 1.80. The molecule has 4 nitrogen and oxygen atoms in total. The molecule has 2 heterocycles. The first-order valence-electron chi connectivity index (χ1n) is 5.00. The molecular weight excluding hydrogens is 289 g/mol. The SMILES string of the molecule is Cc1cc(CN(C)c2ncc(Br)cc2F)no1. The fourth-order valence-electron chi connectivity index (χ4n) is 1.50. The van der Waals surface area contributed by atoms with Gasteiger partial charge in [-0.1, -0.05) is 5.16 Å². The maximum absolute atomic E-state index is 13.6. The average Bonchev–Trinajstić information content (AvgIpc) is 2.63. The minimum atomic E-state index is -0.373. The van der Waals surface area contributed by atoms with Crippen LogP contribution in [0, 0.1) is 12.7 Å². The molecule has 2 aromatic rings. The first-order chi connectivity index (χ1) is 8.06. The van der Waals surface area contributed by atoms with Crippen LogP contribution in [0.15, 0.2) is 27.3 Å². The molecule has 17 heavy (non-hydrogen) atoms. The molecule has 2 rings (SSSR count). The van der Waals surface area contributed by atoms with Gasteiger partial charge in [-0.3, -0.25) is 0 Å². The third-order valence-electron chi connectivity index (χ3n) is 2.23. The van der Waals surface area contributed by atoms with E-state index < -0.39 is 0 Å². The lowest BCUT2D eigenvalue weighted by molar-refractivity contribution is 0.390. The van der Waals surface area contributed by atoms with E-state index in [0.29, 0.717) is 11.0 Å². The number of hydrogen-bond acceptors (Lipinski definition) is 4. The number of halogens is 2. The molecule has 90 valence electrons. The van der Waals surface area contributed by atoms with Crippen LogP contribution in [-0.4, -0.2) is 17.2 Å². The molecule has 0 saturated carbocycles. The van der Waals surface area contributed by atoms with E-state index in [-0.39, 0.29) is 11.6 Å². The van der Waals surface area contributed by atoms with E-state index >= 15 is 0 Å². The molecule has 2 aromatic heterocycles. The first kappa shape index (κ1) is 12.0. The van der Waals surface area contributed by atoms with Crippen LogP contribution >= 0.6 is 15.9 Å². The summed E-state index contributed by atoms with van der Waals surface area (Å²) in [6.07, 6.45) is 1.56. The molecular formula is C11H11BrFN3O. The molecule has 0 radical (unpaired) electrons. The van der Waals surface area contributed by atoms with E-state index in [1.54, 1.807) is 18.1 Å². The predicted octanol–water partition coefficient (Wildman–Crippen LogP) is 2.92. The molecule has 6 heteroatoms. The summed E-state index contributed by atoms with van der Waals surface area (Å²) in [6, 6.07) is 3.19. The van der Waals surface area contributed by atoms with Crippen molar-refractivity contribution in [2.75, 3.05) is 11.9 Å². The van der Waals surface area contributed by atoms with Crippen LogP contribution in [0.1, 0.15) is 11.5 Å². The number of anilines is 1. The fraction of sp³-hybridized carbons (Fsp3) is 0.273. The standard InChI is InChI=1S/C11H11BrFN3O/c1-7-3-9(15-17-7)6-16(2)11-10(13)4-8(12)5-14-11/h3-5H,6H2,1-2H3. The summed E-state index contributed by atoms with van der Waals surface area (Å²) < 4.78 is 19.2. The van der Waals surface area contributed by atoms with Gasteiger partial charge < -0.3 is 9.42 Å². The third kappa shape index (κ3) is 2.82. The molecule has 0 aliphatic heterocycles. The quantitative estimate of drug-likeness (QED) is 0.874. The molecule has 0 saturated heterocycles. The van der Waals surface area contributed by atoms with Gasteiger partial charge in [0.05, 0.1) is 6.54 Å². The maximum atomic E-state index is 13.6. The van der Waals surface area contributed by atoms with Gasteiger partial charge in [-0.25, -0.2) is 9.37 Å². The van der Waals surface area contributed by atoms with Crippen LogP contribution in [-0.2, 0) is 6.54 Å². The Balaban J connectivity index is 2.17. The highest BCUT2D eigenvalue weighted by molar-refractivity contribution is 9.10. The van der Waals surface area contributed by atoms with Crippen molar-refractivity contribution in [1.82, 2.24) is 10.1 Å². The minimum absolute atomic E-state index is 0.286. The molecule has 0 aliphatic rings. The Labute approximate surface area is 107 Å². The first-order valence-corrected chi connectivity index (χ1v) is 5.80. The molecule has 0 unspecified atom stereocenters. The molecule has 0 amide bonds. The maximum Gasteiger partial charge on any atom is 0.166 e. The van der Waals surface area contributed by atoms with Gasteiger partial charge in [-0.05, 0) is 28.9 Å². The Hall–Kier alpha value is -1.43. The molecule has 0 aliphatic carbocycles. The van der Waals surface area contributed by atoms with Crippen molar-refractivity contribution in [3.63, 3.8) is 0 Å². The van der Waals surface area contributed by atoms with E-state index in [1.807, 2.05) is 13.0 Å². The van der Waals surface area contributed by atoms with Crippen LogP contribution < -0.4 is 4.90 Å². The number of aromatic nitrogens is 2. The van der Waals surface area contributed by atoms with E-state index in [4.69, 9.17) is 4.52 Å². The zero-order valence-electron chi connectivity index (χ0n) is 9.44. The normalized spacial score (nSPS) is 10.6. The zero-order chi connectivity index (χ0) is 12.4. The Morgan fingerprint density at radius 1 is 1.47 bits per heavy atom. The Morgan fingerprint density at radius 3 is 2.82 bits per heavy atom. The number of pyridine rings is 1. The second kappa shape index (κ2) is 4.83. The lowest BCUT2D eigenvalue weighted by Crippen LogP contribution is -2.19. The van der Waals surface area contributed by atoms with Crippen molar-refractivity contribution in [3.05, 3.63) is 40.1 Å². The van der Waals surface area contributed by atoms with Crippen molar-refractivity contribution in [1.29, 1.82) is 0 Å². The zero-order valence-corrected chi connectivity index (χ0v) is 11.0. The number of rotatable bonds is 3. The topological polar surface area (TPSA) is 42.2 Å². The highest BCUT2D eigenvalue weighted by Crippen LogP contribution is 2.20. The summed E-state index contributed by atoms with van der Waals surface area (Å²) in [5, 5.41) is 3.85. The van der Waals surface area contributed by atoms with Gasteiger partial charge >= 0.3 is 0 Å². The molecule has 0 bridgehead atoms. The lowest BCUT2D eigenvalue weighted by atomic mass is 10.3. The van der Waals surface area contributed by atoms with Crippen molar-refractivity contribution in [2.24, 2.45) is 0 Å². The van der Waals surface area contributed by atoms with Gasteiger partial charge in [0.25, 0.3) is 0 Å². The molecule has 0 atom stereocenters. The van der Waals surface area contributed by atoms with Crippen LogP contribution in [0.2, 0.25) is 0 Å². The van der Waals surface area contributed by atoms with E-state index in [1.165, 1.54) is 6.07 Å². The summed E-state index contributed by atoms with van der Waals surface area (Å²) >= 11 is 3.17. The van der Waals surface area contributed by atoms with Crippen LogP contribution in [0.3, 0.4) is 0 Å². The summed E-state index contributed by atoms with van der Waals surface area (Å²) in [6.45, 7) is 2.26. The molecule has 0 spiro atoms. The van der Waals surface area contributed by atoms with Gasteiger partial charge in [0.15, 0.2) is 11.6 Å². The Morgan fingerprint density at radius 2 is 2.24 bits per heavy atom. The van der Waals surface area contributed by atoms with Gasteiger partial charge in [0.1, 0.15) is 11.5 Å². The van der Waals surface area contributed by atoms with Crippen molar-refractivity contribution < 1.29 is 8.91 Å². The second-order valence-corrected chi connectivity index (χ2v) is 4.66. The largest absolute Gasteiger partial charge is 0.361 e. The van der Waals surface area contributed by atoms with Gasteiger partial charge in [-0.2, -0.15) is 0 Å². The van der Waals surface area contributed by atoms with E-state index in [0.717, 1.165) is 11.5 Å². The van der Waals surface area contributed by atoms with Gasteiger partial charge in [0.2, 0.25) is 0 Å². The highest BCUT2D eigenvalue weighted by atomic mass is 79.9. The minimum Gasteiger partial charge on any atom is -0.361 e. The molecule has 0 N–H and O–H groups in total. The summed E-state index contributed by atoms with van der Waals surface area (Å²) in [5.74, 6) is 0.647. The number of hydrogen-bond donors (Lipinski definition) is 0. The van der Waals surface area contributed by atoms with Gasteiger partial charge in [-0.15, -0.1) is 0 Å². The smallest absolute Gasteiger partial charge is 0.166 e. The van der Waals surface area contributed by atoms with Crippen LogP contribution in [0.25, 0.3) is 0 Å². The van der Waals surface area contributed by atoms with E-state index in [2.05, 4.69) is 26.1 Å². The second-order valence-electron chi connectivity index (χ2n) is 3.74.